The predicted octanol–water partition coefficient (Wildman–Crippen LogP) is 2.94. The number of rotatable bonds is 4. The molecule has 0 aliphatic carbocycles. The number of anilines is 1. The average Bonchev–Trinajstić information content (AvgIpc) is 3.09. The van der Waals surface area contributed by atoms with Crippen molar-refractivity contribution in [3.05, 3.63) is 39.5 Å². The second-order valence-corrected chi connectivity index (χ2v) is 6.39. The van der Waals surface area contributed by atoms with Crippen molar-refractivity contribution in [2.75, 3.05) is 11.4 Å². The number of halogens is 3. The number of ether oxygens (including phenoxy) is 1. The fourth-order valence-electron chi connectivity index (χ4n) is 2.21. The van der Waals surface area contributed by atoms with Gasteiger partial charge in [-0.2, -0.15) is 0 Å². The summed E-state index contributed by atoms with van der Waals surface area (Å²) in [5.41, 5.74) is 1.33. The molecule has 1 aromatic carbocycles. The van der Waals surface area contributed by atoms with E-state index in [-0.39, 0.29) is 11.9 Å². The highest BCUT2D eigenvalue weighted by Gasteiger charge is 2.34. The maximum Gasteiger partial charge on any atom is 0.414 e. The van der Waals surface area contributed by atoms with E-state index in [2.05, 4.69) is 26.2 Å². The number of carbonyl (C=O) groups excluding carboxylic acids is 1. The van der Waals surface area contributed by atoms with Crippen LogP contribution in [0.15, 0.2) is 24.4 Å². The van der Waals surface area contributed by atoms with Crippen molar-refractivity contribution in [1.82, 2.24) is 15.0 Å². The van der Waals surface area contributed by atoms with Crippen LogP contribution in [0, 0.1) is 9.39 Å². The molecule has 1 fully saturated rings. The number of amides is 1. The standard InChI is InChI=1S/C13H11BrFIN4O2/c14-4-8-5-19(18-17-8)6-9-7-20(13(21)22-9)11-3-1-2-10(15)12(11)16/h1-3,5,9H,4,6-7H2/t9-/m0/s1. The second kappa shape index (κ2) is 6.49. The first kappa shape index (κ1) is 15.7. The van der Waals surface area contributed by atoms with Gasteiger partial charge in [0.2, 0.25) is 0 Å². The molecule has 3 rings (SSSR count). The van der Waals surface area contributed by atoms with E-state index in [1.54, 1.807) is 23.0 Å². The van der Waals surface area contributed by atoms with Gasteiger partial charge in [0, 0.05) is 11.5 Å². The highest BCUT2D eigenvalue weighted by atomic mass is 127. The quantitative estimate of drug-likeness (QED) is 0.498. The first-order valence-electron chi connectivity index (χ1n) is 6.45. The summed E-state index contributed by atoms with van der Waals surface area (Å²) >= 11 is 5.19. The SMILES string of the molecule is O=C1O[C@@H](Cn2cc(CBr)nn2)CN1c1cccc(F)c1I. The lowest BCUT2D eigenvalue weighted by Crippen LogP contribution is -2.27. The minimum atomic E-state index is -0.477. The zero-order chi connectivity index (χ0) is 15.7. The Hall–Kier alpha value is -1.23. The lowest BCUT2D eigenvalue weighted by atomic mass is 10.2. The van der Waals surface area contributed by atoms with Crippen LogP contribution in [0.4, 0.5) is 14.9 Å². The number of cyclic esters (lactones) is 1. The minimum Gasteiger partial charge on any atom is -0.442 e. The zero-order valence-electron chi connectivity index (χ0n) is 11.2. The molecular weight excluding hydrogens is 470 g/mol. The summed E-state index contributed by atoms with van der Waals surface area (Å²) in [6, 6.07) is 4.64. The summed E-state index contributed by atoms with van der Waals surface area (Å²) in [4.78, 5) is 13.5. The van der Waals surface area contributed by atoms with Crippen molar-refractivity contribution >= 4 is 50.3 Å². The molecule has 1 aliphatic rings. The summed E-state index contributed by atoms with van der Waals surface area (Å²) in [5, 5.41) is 8.55. The molecule has 0 N–H and O–H groups in total. The van der Waals surface area contributed by atoms with Gasteiger partial charge in [-0.15, -0.1) is 5.10 Å². The number of nitrogens with zero attached hydrogens (tertiary/aromatic N) is 4. The summed E-state index contributed by atoms with van der Waals surface area (Å²) in [6.07, 6.45) is 0.961. The van der Waals surface area contributed by atoms with Gasteiger partial charge < -0.3 is 4.74 Å². The van der Waals surface area contributed by atoms with Crippen molar-refractivity contribution in [1.29, 1.82) is 0 Å². The molecule has 2 heterocycles. The van der Waals surface area contributed by atoms with Crippen molar-refractivity contribution in [2.45, 2.75) is 18.0 Å². The molecule has 0 unspecified atom stereocenters. The topological polar surface area (TPSA) is 60.3 Å². The zero-order valence-corrected chi connectivity index (χ0v) is 15.0. The normalized spacial score (nSPS) is 17.9. The molecule has 22 heavy (non-hydrogen) atoms. The molecule has 2 aromatic rings. The van der Waals surface area contributed by atoms with Crippen molar-refractivity contribution < 1.29 is 13.9 Å². The average molecular weight is 481 g/mol. The van der Waals surface area contributed by atoms with E-state index in [4.69, 9.17) is 4.74 Å². The molecule has 1 saturated heterocycles. The van der Waals surface area contributed by atoms with Crippen molar-refractivity contribution in [3.63, 3.8) is 0 Å². The van der Waals surface area contributed by atoms with Crippen LogP contribution in [-0.4, -0.2) is 33.7 Å². The largest absolute Gasteiger partial charge is 0.442 e. The van der Waals surface area contributed by atoms with Crippen LogP contribution in [0.25, 0.3) is 0 Å². The molecule has 0 saturated carbocycles. The van der Waals surface area contributed by atoms with Gasteiger partial charge in [0.25, 0.3) is 0 Å². The highest BCUT2D eigenvalue weighted by Crippen LogP contribution is 2.28. The fourth-order valence-corrected chi connectivity index (χ4v) is 3.12. The molecule has 6 nitrogen and oxygen atoms in total. The number of hydrogen-bond acceptors (Lipinski definition) is 4. The number of alkyl halides is 1. The van der Waals surface area contributed by atoms with Crippen LogP contribution in [0.2, 0.25) is 0 Å². The van der Waals surface area contributed by atoms with Crippen LogP contribution < -0.4 is 4.90 Å². The molecule has 1 amide bonds. The van der Waals surface area contributed by atoms with E-state index in [1.165, 1.54) is 11.0 Å². The van der Waals surface area contributed by atoms with Gasteiger partial charge in [-0.05, 0) is 34.7 Å². The Bertz CT molecular complexity index is 711. The van der Waals surface area contributed by atoms with Gasteiger partial charge in [-0.1, -0.05) is 27.2 Å². The molecular formula is C13H11BrFIN4O2. The predicted molar refractivity (Wildman–Crippen MR) is 89.4 cm³/mol. The Kier molecular flexibility index (Phi) is 4.62. The summed E-state index contributed by atoms with van der Waals surface area (Å²) in [6.45, 7) is 0.760. The molecule has 0 spiro atoms. The van der Waals surface area contributed by atoms with E-state index in [0.29, 0.717) is 27.7 Å². The van der Waals surface area contributed by atoms with E-state index >= 15 is 0 Å². The molecule has 9 heteroatoms. The third-order valence-electron chi connectivity index (χ3n) is 3.21. The first-order valence-corrected chi connectivity index (χ1v) is 8.65. The van der Waals surface area contributed by atoms with Crippen LogP contribution in [-0.2, 0) is 16.6 Å². The summed E-state index contributed by atoms with van der Waals surface area (Å²) in [7, 11) is 0. The lowest BCUT2D eigenvalue weighted by molar-refractivity contribution is 0.129. The maximum atomic E-state index is 13.6. The van der Waals surface area contributed by atoms with Crippen LogP contribution in [0.3, 0.4) is 0 Å². The van der Waals surface area contributed by atoms with Gasteiger partial charge in [-0.3, -0.25) is 4.90 Å². The minimum absolute atomic E-state index is 0.349. The number of aromatic nitrogens is 3. The van der Waals surface area contributed by atoms with E-state index in [9.17, 15) is 9.18 Å². The molecule has 116 valence electrons. The highest BCUT2D eigenvalue weighted by molar-refractivity contribution is 14.1. The van der Waals surface area contributed by atoms with Gasteiger partial charge in [0.15, 0.2) is 0 Å². The molecule has 0 bridgehead atoms. The Morgan fingerprint density at radius 1 is 1.50 bits per heavy atom. The molecule has 1 atom stereocenters. The van der Waals surface area contributed by atoms with Gasteiger partial charge in [-0.25, -0.2) is 13.9 Å². The fraction of sp³-hybridized carbons (Fsp3) is 0.308. The monoisotopic (exact) mass is 480 g/mol. The van der Waals surface area contributed by atoms with Gasteiger partial charge in [0.05, 0.1) is 28.0 Å². The second-order valence-electron chi connectivity index (χ2n) is 4.75. The van der Waals surface area contributed by atoms with Gasteiger partial charge in [0.1, 0.15) is 11.9 Å². The molecule has 1 aliphatic heterocycles. The number of hydrogen-bond donors (Lipinski definition) is 0. The Morgan fingerprint density at radius 2 is 2.32 bits per heavy atom. The number of benzene rings is 1. The Balaban J connectivity index is 1.74. The third-order valence-corrected chi connectivity index (χ3v) is 4.85. The number of carbonyl (C=O) groups is 1. The first-order chi connectivity index (χ1) is 10.6. The Labute approximate surface area is 147 Å². The van der Waals surface area contributed by atoms with E-state index < -0.39 is 6.09 Å². The van der Waals surface area contributed by atoms with E-state index in [0.717, 1.165) is 5.69 Å². The van der Waals surface area contributed by atoms with Crippen LogP contribution in [0.1, 0.15) is 5.69 Å². The molecule has 0 radical (unpaired) electrons. The third kappa shape index (κ3) is 3.09. The lowest BCUT2D eigenvalue weighted by Gasteiger charge is -2.15. The summed E-state index contributed by atoms with van der Waals surface area (Å²) < 4.78 is 21.0. The van der Waals surface area contributed by atoms with Crippen molar-refractivity contribution in [3.8, 4) is 0 Å². The van der Waals surface area contributed by atoms with E-state index in [1.807, 2.05) is 22.6 Å². The van der Waals surface area contributed by atoms with Crippen molar-refractivity contribution in [2.24, 2.45) is 0 Å². The summed E-state index contributed by atoms with van der Waals surface area (Å²) in [5.74, 6) is -0.354. The van der Waals surface area contributed by atoms with Crippen LogP contribution >= 0.6 is 38.5 Å². The maximum absolute atomic E-state index is 13.6. The van der Waals surface area contributed by atoms with Gasteiger partial charge >= 0.3 is 6.09 Å². The van der Waals surface area contributed by atoms with Crippen LogP contribution in [0.5, 0.6) is 0 Å². The molecule has 1 aromatic heterocycles. The smallest absolute Gasteiger partial charge is 0.414 e. The Morgan fingerprint density at radius 3 is 3.05 bits per heavy atom.